The number of fused-ring (bicyclic) bond motifs is 1. The molecule has 4 rings (SSSR count). The molecule has 0 bridgehead atoms. The molecule has 4 heterocycles. The van der Waals surface area contributed by atoms with Crippen molar-refractivity contribution >= 4 is 5.91 Å². The van der Waals surface area contributed by atoms with Crippen LogP contribution in [0.3, 0.4) is 0 Å². The Kier molecular flexibility index (Phi) is 4.12. The van der Waals surface area contributed by atoms with Crippen LogP contribution in [-0.4, -0.2) is 52.2 Å². The lowest BCUT2D eigenvalue weighted by Gasteiger charge is -2.34. The largest absolute Gasteiger partial charge is 0.480 e. The minimum Gasteiger partial charge on any atom is -0.480 e. The van der Waals surface area contributed by atoms with Gasteiger partial charge in [0.1, 0.15) is 11.7 Å². The number of hydrogen-bond acceptors (Lipinski definition) is 7. The number of carbonyl (C=O) groups is 1. The van der Waals surface area contributed by atoms with Crippen molar-refractivity contribution in [3.05, 3.63) is 35.6 Å². The molecule has 132 valence electrons. The highest BCUT2D eigenvalue weighted by atomic mass is 16.5. The van der Waals surface area contributed by atoms with E-state index in [0.29, 0.717) is 36.2 Å². The van der Waals surface area contributed by atoms with Crippen molar-refractivity contribution in [2.24, 2.45) is 5.92 Å². The van der Waals surface area contributed by atoms with Gasteiger partial charge in [-0.3, -0.25) is 4.79 Å². The number of piperidine rings is 1. The molecule has 2 aromatic heterocycles. The Balaban J connectivity index is 1.46. The third kappa shape index (κ3) is 2.97. The van der Waals surface area contributed by atoms with E-state index in [1.165, 1.54) is 7.11 Å². The van der Waals surface area contributed by atoms with E-state index in [0.717, 1.165) is 12.8 Å². The van der Waals surface area contributed by atoms with Crippen LogP contribution in [0.15, 0.2) is 22.9 Å². The number of hydrogen-bond donors (Lipinski definition) is 0. The zero-order valence-electron chi connectivity index (χ0n) is 14.2. The number of nitrogens with zero attached hydrogens (tertiary/aromatic N) is 4. The summed E-state index contributed by atoms with van der Waals surface area (Å²) < 4.78 is 16.5. The monoisotopic (exact) mass is 344 g/mol. The Morgan fingerprint density at radius 3 is 3.08 bits per heavy atom. The predicted octanol–water partition coefficient (Wildman–Crippen LogP) is 1.77. The van der Waals surface area contributed by atoms with E-state index >= 15 is 0 Å². The lowest BCUT2D eigenvalue weighted by atomic mass is 9.92. The van der Waals surface area contributed by atoms with Crippen LogP contribution in [0.5, 0.6) is 5.88 Å². The number of likely N-dealkylation sites (tertiary alicyclic amines) is 1. The molecule has 8 nitrogen and oxygen atoms in total. The zero-order chi connectivity index (χ0) is 17.4. The van der Waals surface area contributed by atoms with Crippen LogP contribution in [0.1, 0.15) is 41.0 Å². The summed E-state index contributed by atoms with van der Waals surface area (Å²) in [6.45, 7) is 3.08. The normalized spacial score (nSPS) is 25.7. The molecule has 0 aliphatic carbocycles. The van der Waals surface area contributed by atoms with E-state index in [2.05, 4.69) is 15.1 Å². The van der Waals surface area contributed by atoms with Gasteiger partial charge in [0.05, 0.1) is 13.2 Å². The fraction of sp³-hybridized carbons (Fsp3) is 0.529. The average Bonchev–Trinajstić information content (AvgIpc) is 3.26. The molecule has 25 heavy (non-hydrogen) atoms. The maximum Gasteiger partial charge on any atom is 0.259 e. The van der Waals surface area contributed by atoms with Crippen molar-refractivity contribution in [3.8, 4) is 5.88 Å². The van der Waals surface area contributed by atoms with Crippen molar-refractivity contribution in [1.82, 2.24) is 20.0 Å². The number of aromatic nitrogens is 3. The third-order valence-corrected chi connectivity index (χ3v) is 4.82. The molecule has 0 radical (unpaired) electrons. The lowest BCUT2D eigenvalue weighted by Crippen LogP contribution is -2.44. The summed E-state index contributed by atoms with van der Waals surface area (Å²) >= 11 is 0. The molecule has 2 aliphatic rings. The topological polar surface area (TPSA) is 90.6 Å². The first-order chi connectivity index (χ1) is 12.2. The van der Waals surface area contributed by atoms with Crippen LogP contribution in [-0.2, 0) is 4.74 Å². The molecule has 2 aromatic rings. The van der Waals surface area contributed by atoms with E-state index in [4.69, 9.17) is 14.0 Å². The van der Waals surface area contributed by atoms with Gasteiger partial charge in [-0.05, 0) is 31.9 Å². The second-order valence-corrected chi connectivity index (χ2v) is 6.44. The van der Waals surface area contributed by atoms with Gasteiger partial charge in [0.2, 0.25) is 5.88 Å². The summed E-state index contributed by atoms with van der Waals surface area (Å²) in [5.41, 5.74) is 0.492. The van der Waals surface area contributed by atoms with Crippen LogP contribution in [0, 0.1) is 12.8 Å². The second-order valence-electron chi connectivity index (χ2n) is 6.44. The van der Waals surface area contributed by atoms with Crippen molar-refractivity contribution in [3.63, 3.8) is 0 Å². The van der Waals surface area contributed by atoms with E-state index in [9.17, 15) is 4.79 Å². The van der Waals surface area contributed by atoms with Crippen molar-refractivity contribution in [1.29, 1.82) is 0 Å². The molecule has 2 aliphatic heterocycles. The van der Waals surface area contributed by atoms with E-state index in [1.54, 1.807) is 25.3 Å². The van der Waals surface area contributed by atoms with Crippen molar-refractivity contribution < 1.29 is 18.8 Å². The fourth-order valence-corrected chi connectivity index (χ4v) is 3.63. The summed E-state index contributed by atoms with van der Waals surface area (Å²) in [5, 5.41) is 3.83. The van der Waals surface area contributed by atoms with Crippen molar-refractivity contribution in [2.45, 2.75) is 32.0 Å². The van der Waals surface area contributed by atoms with Gasteiger partial charge in [-0.15, -0.1) is 0 Å². The first-order valence-electron chi connectivity index (χ1n) is 8.39. The number of aryl methyl sites for hydroxylation is 1. The Morgan fingerprint density at radius 1 is 1.44 bits per heavy atom. The maximum atomic E-state index is 12.8. The van der Waals surface area contributed by atoms with Gasteiger partial charge < -0.3 is 18.9 Å². The average molecular weight is 344 g/mol. The molecule has 2 fully saturated rings. The molecular weight excluding hydrogens is 324 g/mol. The number of pyridine rings is 1. The fourth-order valence-electron chi connectivity index (χ4n) is 3.63. The summed E-state index contributed by atoms with van der Waals surface area (Å²) in [6.07, 6.45) is 3.13. The predicted molar refractivity (Wildman–Crippen MR) is 86.1 cm³/mol. The number of ether oxygens (including phenoxy) is 2. The number of amides is 1. The lowest BCUT2D eigenvalue weighted by molar-refractivity contribution is -0.00781. The summed E-state index contributed by atoms with van der Waals surface area (Å²) in [4.78, 5) is 23.1. The SMILES string of the molecule is COc1ncccc1C(=O)N1CC[C@H]2O[C@H](c3nc(C)no3)C[C@@H]2C1. The highest BCUT2D eigenvalue weighted by molar-refractivity contribution is 5.96. The van der Waals surface area contributed by atoms with Crippen molar-refractivity contribution in [2.75, 3.05) is 20.2 Å². The Labute approximate surface area is 145 Å². The van der Waals surface area contributed by atoms with Gasteiger partial charge in [0, 0.05) is 25.2 Å². The summed E-state index contributed by atoms with van der Waals surface area (Å²) in [5.74, 6) is 1.70. The number of carbonyl (C=O) groups excluding carboxylic acids is 1. The standard InChI is InChI=1S/C17H20N4O4/c1-10-19-16(25-20-10)14-8-11-9-21(7-5-13(11)24-14)17(22)12-4-3-6-18-15(12)23-2/h3-4,6,11,13-14H,5,7-9H2,1-2H3/t11-,13-,14+/m1/s1. The Bertz CT molecular complexity index is 778. The first-order valence-corrected chi connectivity index (χ1v) is 8.39. The summed E-state index contributed by atoms with van der Waals surface area (Å²) in [6, 6.07) is 3.49. The summed E-state index contributed by atoms with van der Waals surface area (Å²) in [7, 11) is 1.52. The van der Waals surface area contributed by atoms with E-state index < -0.39 is 0 Å². The van der Waals surface area contributed by atoms with Crippen LogP contribution in [0.25, 0.3) is 0 Å². The van der Waals surface area contributed by atoms with Crippen LogP contribution >= 0.6 is 0 Å². The minimum atomic E-state index is -0.181. The molecule has 0 unspecified atom stereocenters. The molecule has 3 atom stereocenters. The highest BCUT2D eigenvalue weighted by Gasteiger charge is 2.43. The van der Waals surface area contributed by atoms with Gasteiger partial charge >= 0.3 is 0 Å². The van der Waals surface area contributed by atoms with Gasteiger partial charge in [0.25, 0.3) is 11.8 Å². The smallest absolute Gasteiger partial charge is 0.259 e. The maximum absolute atomic E-state index is 12.8. The van der Waals surface area contributed by atoms with Gasteiger partial charge in [0.15, 0.2) is 5.82 Å². The zero-order valence-corrected chi connectivity index (χ0v) is 14.2. The van der Waals surface area contributed by atoms with Gasteiger partial charge in [-0.1, -0.05) is 5.16 Å². The minimum absolute atomic E-state index is 0.0551. The first kappa shape index (κ1) is 16.0. The molecule has 0 saturated carbocycles. The van der Waals surface area contributed by atoms with Crippen LogP contribution in [0.2, 0.25) is 0 Å². The van der Waals surface area contributed by atoms with Crippen LogP contribution < -0.4 is 4.74 Å². The molecule has 0 N–H and O–H groups in total. The van der Waals surface area contributed by atoms with Gasteiger partial charge in [-0.25, -0.2) is 4.98 Å². The van der Waals surface area contributed by atoms with E-state index in [-0.39, 0.29) is 24.0 Å². The molecule has 0 spiro atoms. The molecule has 2 saturated heterocycles. The number of methoxy groups -OCH3 is 1. The molecule has 0 aromatic carbocycles. The van der Waals surface area contributed by atoms with Crippen LogP contribution in [0.4, 0.5) is 0 Å². The second kappa shape index (κ2) is 6.44. The Hall–Kier alpha value is -2.48. The molecule has 8 heteroatoms. The Morgan fingerprint density at radius 2 is 2.32 bits per heavy atom. The van der Waals surface area contributed by atoms with Gasteiger partial charge in [-0.2, -0.15) is 4.98 Å². The molecule has 1 amide bonds. The highest BCUT2D eigenvalue weighted by Crippen LogP contribution is 2.40. The van der Waals surface area contributed by atoms with E-state index in [1.807, 2.05) is 4.90 Å². The quantitative estimate of drug-likeness (QED) is 0.838. The molecular formula is C17H20N4O4. The number of rotatable bonds is 3. The third-order valence-electron chi connectivity index (χ3n) is 4.82.